The summed E-state index contributed by atoms with van der Waals surface area (Å²) in [5, 5.41) is 8.09. The van der Waals surface area contributed by atoms with Gasteiger partial charge in [0.05, 0.1) is 18.0 Å². The first kappa shape index (κ1) is 16.1. The van der Waals surface area contributed by atoms with Gasteiger partial charge in [-0.15, -0.1) is 11.6 Å². The van der Waals surface area contributed by atoms with E-state index in [1.807, 2.05) is 0 Å². The SMILES string of the molecule is CNS(=O)(=O)Cc1ccc(N=NCCCCCl)cc1. The van der Waals surface area contributed by atoms with Crippen LogP contribution in [0.25, 0.3) is 0 Å². The standard InChI is InChI=1S/C12H18ClN3O2S/c1-14-19(17,18)10-11-4-6-12(7-5-11)16-15-9-3-2-8-13/h4-7,14H,2-3,8-10H2,1H3. The Bertz CT molecular complexity index is 500. The van der Waals surface area contributed by atoms with Crippen molar-refractivity contribution in [2.45, 2.75) is 18.6 Å². The zero-order valence-corrected chi connectivity index (χ0v) is 12.4. The zero-order valence-electron chi connectivity index (χ0n) is 10.8. The van der Waals surface area contributed by atoms with Crippen molar-refractivity contribution in [3.63, 3.8) is 0 Å². The zero-order chi connectivity index (χ0) is 14.1. The maximum atomic E-state index is 11.4. The lowest BCUT2D eigenvalue weighted by molar-refractivity contribution is 0.587. The van der Waals surface area contributed by atoms with Crippen LogP contribution in [0, 0.1) is 0 Å². The summed E-state index contributed by atoms with van der Waals surface area (Å²) in [7, 11) is -1.83. The highest BCUT2D eigenvalue weighted by atomic mass is 35.5. The number of azo groups is 1. The molecule has 5 nitrogen and oxygen atoms in total. The summed E-state index contributed by atoms with van der Waals surface area (Å²) in [6, 6.07) is 6.99. The van der Waals surface area contributed by atoms with Crippen LogP contribution in [-0.4, -0.2) is 27.9 Å². The van der Waals surface area contributed by atoms with Crippen LogP contribution in [0.15, 0.2) is 34.5 Å². The Labute approximate surface area is 119 Å². The number of hydrogen-bond acceptors (Lipinski definition) is 4. The molecule has 0 unspecified atom stereocenters. The van der Waals surface area contributed by atoms with Crippen LogP contribution < -0.4 is 4.72 Å². The number of benzene rings is 1. The van der Waals surface area contributed by atoms with Gasteiger partial charge in [-0.1, -0.05) is 12.1 Å². The molecule has 0 aromatic heterocycles. The fourth-order valence-electron chi connectivity index (χ4n) is 1.36. The van der Waals surface area contributed by atoms with E-state index in [9.17, 15) is 8.42 Å². The third-order valence-electron chi connectivity index (χ3n) is 2.43. The molecule has 1 rings (SSSR count). The Morgan fingerprint density at radius 2 is 1.89 bits per heavy atom. The number of hydrogen-bond donors (Lipinski definition) is 1. The van der Waals surface area contributed by atoms with E-state index in [1.165, 1.54) is 7.05 Å². The lowest BCUT2D eigenvalue weighted by Gasteiger charge is -2.02. The van der Waals surface area contributed by atoms with Crippen LogP contribution in [0.3, 0.4) is 0 Å². The van der Waals surface area contributed by atoms with Gasteiger partial charge in [0.1, 0.15) is 0 Å². The van der Waals surface area contributed by atoms with E-state index >= 15 is 0 Å². The molecule has 0 saturated heterocycles. The molecule has 1 aromatic rings. The van der Waals surface area contributed by atoms with Crippen LogP contribution in [0.4, 0.5) is 5.69 Å². The number of halogens is 1. The monoisotopic (exact) mass is 303 g/mol. The Hall–Kier alpha value is -0.980. The molecule has 0 fully saturated rings. The van der Waals surface area contributed by atoms with E-state index in [0.29, 0.717) is 12.4 Å². The van der Waals surface area contributed by atoms with E-state index in [4.69, 9.17) is 11.6 Å². The minimum Gasteiger partial charge on any atom is -0.218 e. The average molecular weight is 304 g/mol. The van der Waals surface area contributed by atoms with Gasteiger partial charge < -0.3 is 0 Å². The fourth-order valence-corrected chi connectivity index (χ4v) is 2.32. The number of unbranched alkanes of at least 4 members (excludes halogenated alkanes) is 1. The van der Waals surface area contributed by atoms with Crippen molar-refractivity contribution in [2.75, 3.05) is 19.5 Å². The van der Waals surface area contributed by atoms with Gasteiger partial charge >= 0.3 is 0 Å². The first-order valence-corrected chi connectivity index (χ1v) is 8.19. The molecule has 0 spiro atoms. The first-order chi connectivity index (χ1) is 9.07. The molecule has 0 radical (unpaired) electrons. The number of nitrogens with one attached hydrogen (secondary N) is 1. The molecule has 0 aliphatic carbocycles. The molecule has 0 aliphatic rings. The minimum atomic E-state index is -3.23. The summed E-state index contributed by atoms with van der Waals surface area (Å²) in [4.78, 5) is 0. The summed E-state index contributed by atoms with van der Waals surface area (Å²) in [6.45, 7) is 0.655. The van der Waals surface area contributed by atoms with Crippen LogP contribution in [0.2, 0.25) is 0 Å². The van der Waals surface area contributed by atoms with Crippen LogP contribution in [0.5, 0.6) is 0 Å². The molecule has 1 N–H and O–H groups in total. The van der Waals surface area contributed by atoms with Crippen molar-refractivity contribution in [3.8, 4) is 0 Å². The van der Waals surface area contributed by atoms with Crippen molar-refractivity contribution in [2.24, 2.45) is 10.2 Å². The largest absolute Gasteiger partial charge is 0.218 e. The van der Waals surface area contributed by atoms with Crippen molar-refractivity contribution >= 4 is 27.3 Å². The molecule has 19 heavy (non-hydrogen) atoms. The third kappa shape index (κ3) is 6.66. The predicted octanol–water partition coefficient (Wildman–Crippen LogP) is 2.84. The summed E-state index contributed by atoms with van der Waals surface area (Å²) < 4.78 is 25.0. The Kier molecular flexibility index (Phi) is 6.97. The second-order valence-electron chi connectivity index (χ2n) is 3.99. The number of sulfonamides is 1. The quantitative estimate of drug-likeness (QED) is 0.456. The first-order valence-electron chi connectivity index (χ1n) is 6.01. The summed E-state index contributed by atoms with van der Waals surface area (Å²) in [6.07, 6.45) is 1.85. The average Bonchev–Trinajstić information content (AvgIpc) is 2.40. The lowest BCUT2D eigenvalue weighted by atomic mass is 10.2. The molecule has 0 atom stereocenters. The van der Waals surface area contributed by atoms with Crippen LogP contribution >= 0.6 is 11.6 Å². The highest BCUT2D eigenvalue weighted by Crippen LogP contribution is 2.15. The van der Waals surface area contributed by atoms with Gasteiger partial charge in [0.15, 0.2) is 0 Å². The molecule has 0 aliphatic heterocycles. The maximum absolute atomic E-state index is 11.4. The normalized spacial score (nSPS) is 12.1. The summed E-state index contributed by atoms with van der Waals surface area (Å²) >= 11 is 5.55. The van der Waals surface area contributed by atoms with Gasteiger partial charge in [-0.3, -0.25) is 0 Å². The van der Waals surface area contributed by atoms with Gasteiger partial charge in [0.2, 0.25) is 10.0 Å². The van der Waals surface area contributed by atoms with Gasteiger partial charge in [-0.05, 0) is 37.6 Å². The van der Waals surface area contributed by atoms with E-state index in [-0.39, 0.29) is 5.75 Å². The molecule has 0 saturated carbocycles. The molecule has 1 aromatic carbocycles. The predicted molar refractivity (Wildman–Crippen MR) is 77.5 cm³/mol. The highest BCUT2D eigenvalue weighted by Gasteiger charge is 2.07. The van der Waals surface area contributed by atoms with E-state index in [0.717, 1.165) is 24.1 Å². The Morgan fingerprint density at radius 3 is 2.47 bits per heavy atom. The van der Waals surface area contributed by atoms with Gasteiger partial charge in [0.25, 0.3) is 0 Å². The molecule has 106 valence electrons. The maximum Gasteiger partial charge on any atom is 0.215 e. The number of alkyl halides is 1. The fraction of sp³-hybridized carbons (Fsp3) is 0.500. The van der Waals surface area contributed by atoms with Crippen LogP contribution in [-0.2, 0) is 15.8 Å². The minimum absolute atomic E-state index is 0.0311. The van der Waals surface area contributed by atoms with E-state index in [2.05, 4.69) is 15.0 Å². The van der Waals surface area contributed by atoms with Crippen LogP contribution in [0.1, 0.15) is 18.4 Å². The molecular formula is C12H18ClN3O2S. The smallest absolute Gasteiger partial charge is 0.215 e. The van der Waals surface area contributed by atoms with Crippen molar-refractivity contribution < 1.29 is 8.42 Å². The Morgan fingerprint density at radius 1 is 1.21 bits per heavy atom. The molecule has 0 heterocycles. The van der Waals surface area contributed by atoms with E-state index in [1.54, 1.807) is 24.3 Å². The second kappa shape index (κ2) is 8.24. The molecule has 0 amide bonds. The lowest BCUT2D eigenvalue weighted by Crippen LogP contribution is -2.20. The van der Waals surface area contributed by atoms with Crippen molar-refractivity contribution in [1.82, 2.24) is 4.72 Å². The van der Waals surface area contributed by atoms with Crippen molar-refractivity contribution in [1.29, 1.82) is 0 Å². The number of rotatable bonds is 8. The molecular weight excluding hydrogens is 286 g/mol. The highest BCUT2D eigenvalue weighted by molar-refractivity contribution is 7.88. The second-order valence-corrected chi connectivity index (χ2v) is 6.30. The number of nitrogens with zero attached hydrogens (tertiary/aromatic N) is 2. The van der Waals surface area contributed by atoms with Crippen molar-refractivity contribution in [3.05, 3.63) is 29.8 Å². The topological polar surface area (TPSA) is 70.9 Å². The Balaban J connectivity index is 2.52. The summed E-state index contributed by atoms with van der Waals surface area (Å²) in [5.74, 6) is 0.612. The van der Waals surface area contributed by atoms with Gasteiger partial charge in [0, 0.05) is 5.88 Å². The molecule has 0 bridgehead atoms. The summed E-state index contributed by atoms with van der Waals surface area (Å²) in [5.41, 5.74) is 1.44. The van der Waals surface area contributed by atoms with Gasteiger partial charge in [-0.2, -0.15) is 10.2 Å². The third-order valence-corrected chi connectivity index (χ3v) is 4.03. The van der Waals surface area contributed by atoms with Gasteiger partial charge in [-0.25, -0.2) is 13.1 Å². The molecule has 7 heteroatoms. The van der Waals surface area contributed by atoms with E-state index < -0.39 is 10.0 Å².